The lowest BCUT2D eigenvalue weighted by Crippen LogP contribution is -2.29. The van der Waals surface area contributed by atoms with Gasteiger partial charge in [-0.25, -0.2) is 8.42 Å². The van der Waals surface area contributed by atoms with Crippen LogP contribution in [0.2, 0.25) is 0 Å². The number of sulfone groups is 1. The van der Waals surface area contributed by atoms with Crippen molar-refractivity contribution < 1.29 is 18.0 Å². The minimum atomic E-state index is -3.50. The Kier molecular flexibility index (Phi) is 2.08. The molecule has 0 saturated carbocycles. The number of rotatable bonds is 1. The van der Waals surface area contributed by atoms with Crippen LogP contribution in [0.1, 0.15) is 12.8 Å². The van der Waals surface area contributed by atoms with Crippen LogP contribution < -0.4 is 0 Å². The Labute approximate surface area is 64.5 Å². The van der Waals surface area contributed by atoms with Gasteiger partial charge < -0.3 is 4.79 Å². The van der Waals surface area contributed by atoms with Gasteiger partial charge in [0.2, 0.25) is 15.0 Å². The fourth-order valence-electron chi connectivity index (χ4n) is 0.980. The first-order chi connectivity index (χ1) is 5.06. The second kappa shape index (κ2) is 2.73. The lowest BCUT2D eigenvalue weighted by Gasteiger charge is -2.14. The fourth-order valence-corrected chi connectivity index (χ4v) is 2.29. The van der Waals surface area contributed by atoms with Gasteiger partial charge in [-0.15, -0.1) is 0 Å². The van der Waals surface area contributed by atoms with Gasteiger partial charge >= 0.3 is 0 Å². The van der Waals surface area contributed by atoms with Crippen LogP contribution in [0.5, 0.6) is 0 Å². The van der Waals surface area contributed by atoms with E-state index in [1.807, 2.05) is 0 Å². The minimum Gasteiger partial charge on any atom is -0.303 e. The van der Waals surface area contributed by atoms with Crippen LogP contribution in [-0.4, -0.2) is 25.6 Å². The molecule has 1 unspecified atom stereocenters. The molecule has 0 spiro atoms. The Morgan fingerprint density at radius 2 is 2.09 bits per heavy atom. The Morgan fingerprint density at radius 3 is 2.55 bits per heavy atom. The van der Waals surface area contributed by atoms with Crippen molar-refractivity contribution in [1.82, 2.24) is 0 Å². The average molecular weight is 176 g/mol. The van der Waals surface area contributed by atoms with E-state index in [-0.39, 0.29) is 24.5 Å². The summed E-state index contributed by atoms with van der Waals surface area (Å²) in [5.74, 6) is -0.555. The summed E-state index contributed by atoms with van der Waals surface area (Å²) in [7, 11) is -3.50. The van der Waals surface area contributed by atoms with Gasteiger partial charge in [0.05, 0.1) is 5.75 Å². The zero-order chi connectivity index (χ0) is 8.48. The van der Waals surface area contributed by atoms with Gasteiger partial charge in [-0.05, 0) is 6.42 Å². The number of aldehydes is 1. The summed E-state index contributed by atoms with van der Waals surface area (Å²) in [5.41, 5.74) is 0. The maximum atomic E-state index is 10.8. The van der Waals surface area contributed by atoms with E-state index in [2.05, 4.69) is 0 Å². The molecular formula is C6H8O4S. The van der Waals surface area contributed by atoms with Crippen LogP contribution >= 0.6 is 0 Å². The normalized spacial score (nSPS) is 29.8. The van der Waals surface area contributed by atoms with Crippen LogP contribution in [0, 0.1) is 5.92 Å². The number of carbonyl (C=O) groups is 2. The fraction of sp³-hybridized carbons (Fsp3) is 0.667. The van der Waals surface area contributed by atoms with Crippen LogP contribution in [0.25, 0.3) is 0 Å². The van der Waals surface area contributed by atoms with Crippen molar-refractivity contribution in [2.75, 3.05) is 5.75 Å². The van der Waals surface area contributed by atoms with Crippen molar-refractivity contribution in [3.05, 3.63) is 0 Å². The van der Waals surface area contributed by atoms with Crippen molar-refractivity contribution in [3.63, 3.8) is 0 Å². The molecule has 1 saturated heterocycles. The van der Waals surface area contributed by atoms with E-state index >= 15 is 0 Å². The minimum absolute atomic E-state index is 0.133. The smallest absolute Gasteiger partial charge is 0.247 e. The third-order valence-corrected chi connectivity index (χ3v) is 3.36. The molecular weight excluding hydrogens is 168 g/mol. The summed E-state index contributed by atoms with van der Waals surface area (Å²) >= 11 is 0. The molecule has 4 nitrogen and oxygen atoms in total. The van der Waals surface area contributed by atoms with E-state index in [0.717, 1.165) is 0 Å². The highest BCUT2D eigenvalue weighted by Gasteiger charge is 2.31. The molecule has 0 aliphatic carbocycles. The molecule has 0 aromatic heterocycles. The molecule has 1 aliphatic heterocycles. The van der Waals surface area contributed by atoms with Crippen LogP contribution in [-0.2, 0) is 19.4 Å². The van der Waals surface area contributed by atoms with E-state index in [1.165, 1.54) is 0 Å². The highest BCUT2D eigenvalue weighted by Crippen LogP contribution is 2.17. The third kappa shape index (κ3) is 1.65. The molecule has 0 N–H and O–H groups in total. The maximum absolute atomic E-state index is 10.8. The molecule has 1 aliphatic rings. The summed E-state index contributed by atoms with van der Waals surface area (Å²) < 4.78 is 21.6. The predicted molar refractivity (Wildman–Crippen MR) is 37.6 cm³/mol. The van der Waals surface area contributed by atoms with Crippen molar-refractivity contribution in [1.29, 1.82) is 0 Å². The van der Waals surface area contributed by atoms with Gasteiger partial charge in [0.15, 0.2) is 0 Å². The van der Waals surface area contributed by atoms with Gasteiger partial charge in [-0.3, -0.25) is 4.79 Å². The Morgan fingerprint density at radius 1 is 1.45 bits per heavy atom. The standard InChI is InChI=1S/C6H8O4S/c7-4-5-1-2-11(9,10)6(8)3-5/h4-5H,1-3H2. The Bertz CT molecular complexity index is 277. The zero-order valence-corrected chi connectivity index (χ0v) is 6.63. The first-order valence-corrected chi connectivity index (χ1v) is 4.92. The molecule has 0 radical (unpaired) electrons. The second-order valence-electron chi connectivity index (χ2n) is 2.58. The molecule has 1 fully saturated rings. The SMILES string of the molecule is O=CC1CCS(=O)(=O)C(=O)C1. The largest absolute Gasteiger partial charge is 0.303 e. The van der Waals surface area contributed by atoms with Crippen molar-refractivity contribution in [2.45, 2.75) is 12.8 Å². The van der Waals surface area contributed by atoms with Crippen LogP contribution in [0.15, 0.2) is 0 Å². The highest BCUT2D eigenvalue weighted by atomic mass is 32.2. The van der Waals surface area contributed by atoms with Gasteiger partial charge in [-0.1, -0.05) is 0 Å². The molecule has 0 bridgehead atoms. The topological polar surface area (TPSA) is 68.3 Å². The molecule has 11 heavy (non-hydrogen) atoms. The van der Waals surface area contributed by atoms with E-state index in [9.17, 15) is 18.0 Å². The summed E-state index contributed by atoms with van der Waals surface area (Å²) in [4.78, 5) is 20.9. The molecule has 0 amide bonds. The summed E-state index contributed by atoms with van der Waals surface area (Å²) in [5, 5.41) is -0.791. The van der Waals surface area contributed by atoms with E-state index in [0.29, 0.717) is 6.29 Å². The molecule has 0 aromatic rings. The highest BCUT2D eigenvalue weighted by molar-refractivity contribution is 8.06. The first kappa shape index (κ1) is 8.39. The molecule has 5 heteroatoms. The zero-order valence-electron chi connectivity index (χ0n) is 5.82. The number of hydrogen-bond acceptors (Lipinski definition) is 4. The lowest BCUT2D eigenvalue weighted by atomic mass is 10.1. The number of carbonyl (C=O) groups excluding carboxylic acids is 2. The summed E-state index contributed by atoms with van der Waals surface area (Å²) in [6.45, 7) is 0. The van der Waals surface area contributed by atoms with Gasteiger partial charge in [0.25, 0.3) is 0 Å². The monoisotopic (exact) mass is 176 g/mol. The molecule has 1 atom stereocenters. The van der Waals surface area contributed by atoms with Gasteiger partial charge in [0, 0.05) is 12.3 Å². The maximum Gasteiger partial charge on any atom is 0.247 e. The average Bonchev–Trinajstić information content (AvgIpc) is 1.95. The number of hydrogen-bond donors (Lipinski definition) is 0. The quantitative estimate of drug-likeness (QED) is 0.507. The second-order valence-corrected chi connectivity index (χ2v) is 4.67. The van der Waals surface area contributed by atoms with Gasteiger partial charge in [-0.2, -0.15) is 0 Å². The van der Waals surface area contributed by atoms with Crippen LogP contribution in [0.4, 0.5) is 0 Å². The Hall–Kier alpha value is -0.710. The molecule has 1 heterocycles. The van der Waals surface area contributed by atoms with E-state index < -0.39 is 15.0 Å². The molecule has 62 valence electrons. The third-order valence-electron chi connectivity index (χ3n) is 1.73. The van der Waals surface area contributed by atoms with Crippen LogP contribution in [0.3, 0.4) is 0 Å². The van der Waals surface area contributed by atoms with E-state index in [4.69, 9.17) is 0 Å². The molecule has 1 rings (SSSR count). The first-order valence-electron chi connectivity index (χ1n) is 3.27. The summed E-state index contributed by atoms with van der Waals surface area (Å²) in [6, 6.07) is 0. The Balaban J connectivity index is 2.78. The van der Waals surface area contributed by atoms with Gasteiger partial charge in [0.1, 0.15) is 6.29 Å². The lowest BCUT2D eigenvalue weighted by molar-refractivity contribution is -0.118. The summed E-state index contributed by atoms with van der Waals surface area (Å²) in [6.07, 6.45) is 0.802. The molecule has 0 aromatic carbocycles. The van der Waals surface area contributed by atoms with Crippen molar-refractivity contribution in [2.24, 2.45) is 5.92 Å². The van der Waals surface area contributed by atoms with E-state index in [1.54, 1.807) is 0 Å². The van der Waals surface area contributed by atoms with Crippen molar-refractivity contribution in [3.8, 4) is 0 Å². The predicted octanol–water partition coefficient (Wildman–Crippen LogP) is -0.463. The van der Waals surface area contributed by atoms with Crippen molar-refractivity contribution >= 4 is 21.2 Å².